The van der Waals surface area contributed by atoms with Gasteiger partial charge in [-0.15, -0.1) is 6.58 Å². The molecule has 0 saturated carbocycles. The van der Waals surface area contributed by atoms with Crippen LogP contribution in [0.15, 0.2) is 72.8 Å². The molecule has 1 aliphatic carbocycles. The van der Waals surface area contributed by atoms with E-state index in [-0.39, 0.29) is 11.7 Å². The molecule has 0 aliphatic heterocycles. The zero-order valence-electron chi connectivity index (χ0n) is 11.4. The summed E-state index contributed by atoms with van der Waals surface area (Å²) in [6, 6.07) is 3.23. The van der Waals surface area contributed by atoms with Gasteiger partial charge in [0.15, 0.2) is 5.78 Å². The van der Waals surface area contributed by atoms with Gasteiger partial charge in [-0.2, -0.15) is 0 Å². The molecule has 2 N–H and O–H groups in total. The van der Waals surface area contributed by atoms with Crippen molar-refractivity contribution < 1.29 is 9.59 Å². The lowest BCUT2D eigenvalue weighted by atomic mass is 9.99. The first kappa shape index (κ1) is 14.5. The maximum atomic E-state index is 11.8. The zero-order valence-corrected chi connectivity index (χ0v) is 11.4. The van der Waals surface area contributed by atoms with E-state index >= 15 is 0 Å². The SMILES string of the molecule is C=CCC1=C/C(=C/NNC(=O)c2ccncc2)C=CC1=O. The summed E-state index contributed by atoms with van der Waals surface area (Å²) in [5.41, 5.74) is 7.23. The Kier molecular flexibility index (Phi) is 4.82. The maximum absolute atomic E-state index is 11.8. The minimum atomic E-state index is -0.264. The fourth-order valence-electron chi connectivity index (χ4n) is 1.76. The molecule has 0 fully saturated rings. The van der Waals surface area contributed by atoms with Crippen LogP contribution >= 0.6 is 0 Å². The second kappa shape index (κ2) is 7.00. The number of carbonyl (C=O) groups excluding carboxylic acids is 2. The largest absolute Gasteiger partial charge is 0.305 e. The van der Waals surface area contributed by atoms with Crippen molar-refractivity contribution in [3.8, 4) is 0 Å². The van der Waals surface area contributed by atoms with Gasteiger partial charge < -0.3 is 5.43 Å². The number of hydrazine groups is 1. The highest BCUT2D eigenvalue weighted by Gasteiger charge is 2.09. The normalized spacial score (nSPS) is 15.5. The molecular weight excluding hydrogens is 266 g/mol. The van der Waals surface area contributed by atoms with E-state index in [4.69, 9.17) is 0 Å². The molecule has 1 amide bonds. The third kappa shape index (κ3) is 4.01. The third-order valence-electron chi connectivity index (χ3n) is 2.82. The number of rotatable bonds is 5. The smallest absolute Gasteiger partial charge is 0.269 e. The summed E-state index contributed by atoms with van der Waals surface area (Å²) in [4.78, 5) is 27.2. The molecule has 2 rings (SSSR count). The van der Waals surface area contributed by atoms with E-state index in [0.29, 0.717) is 17.6 Å². The number of pyridine rings is 1. The minimum Gasteiger partial charge on any atom is -0.305 e. The second-order valence-electron chi connectivity index (χ2n) is 4.34. The number of amides is 1. The number of aromatic nitrogens is 1. The van der Waals surface area contributed by atoms with Crippen LogP contribution in [0.5, 0.6) is 0 Å². The lowest BCUT2D eigenvalue weighted by molar-refractivity contribution is -0.111. The lowest BCUT2D eigenvalue weighted by Gasteiger charge is -2.09. The molecule has 1 aromatic heterocycles. The van der Waals surface area contributed by atoms with Crippen LogP contribution in [0.25, 0.3) is 0 Å². The Labute approximate surface area is 122 Å². The van der Waals surface area contributed by atoms with Gasteiger partial charge in [-0.05, 0) is 42.4 Å². The molecule has 0 radical (unpaired) electrons. The summed E-state index contributed by atoms with van der Waals surface area (Å²) in [5.74, 6) is -0.284. The third-order valence-corrected chi connectivity index (χ3v) is 2.82. The fourth-order valence-corrected chi connectivity index (χ4v) is 1.76. The van der Waals surface area contributed by atoms with Crippen molar-refractivity contribution in [2.24, 2.45) is 0 Å². The first-order valence-electron chi connectivity index (χ1n) is 6.40. The van der Waals surface area contributed by atoms with Gasteiger partial charge in [0.1, 0.15) is 0 Å². The second-order valence-corrected chi connectivity index (χ2v) is 4.34. The predicted molar refractivity (Wildman–Crippen MR) is 80.0 cm³/mol. The Bertz CT molecular complexity index is 643. The molecular formula is C16H15N3O2. The van der Waals surface area contributed by atoms with Gasteiger partial charge in [-0.3, -0.25) is 20.0 Å². The summed E-state index contributed by atoms with van der Waals surface area (Å²) in [6.45, 7) is 3.62. The van der Waals surface area contributed by atoms with Crippen molar-refractivity contribution in [3.05, 3.63) is 78.3 Å². The lowest BCUT2D eigenvalue weighted by Crippen LogP contribution is -2.33. The van der Waals surface area contributed by atoms with E-state index in [9.17, 15) is 9.59 Å². The molecule has 0 aromatic carbocycles. The Hall–Kier alpha value is -2.95. The summed E-state index contributed by atoms with van der Waals surface area (Å²) < 4.78 is 0. The predicted octanol–water partition coefficient (Wildman–Crippen LogP) is 1.84. The Morgan fingerprint density at radius 3 is 2.76 bits per heavy atom. The van der Waals surface area contributed by atoms with Crippen LogP contribution in [0.4, 0.5) is 0 Å². The van der Waals surface area contributed by atoms with Gasteiger partial charge in [0.05, 0.1) is 0 Å². The number of carbonyl (C=O) groups is 2. The number of hydrogen-bond donors (Lipinski definition) is 2. The molecule has 0 saturated heterocycles. The van der Waals surface area contributed by atoms with Crippen LogP contribution in [0.3, 0.4) is 0 Å². The molecule has 0 atom stereocenters. The van der Waals surface area contributed by atoms with E-state index in [1.165, 1.54) is 6.08 Å². The number of hydrogen-bond acceptors (Lipinski definition) is 4. The molecule has 0 spiro atoms. The summed E-state index contributed by atoms with van der Waals surface area (Å²) in [7, 11) is 0. The number of ketones is 1. The van der Waals surface area contributed by atoms with Crippen molar-refractivity contribution in [1.82, 2.24) is 15.8 Å². The van der Waals surface area contributed by atoms with Crippen molar-refractivity contribution in [1.29, 1.82) is 0 Å². The van der Waals surface area contributed by atoms with Crippen molar-refractivity contribution in [2.75, 3.05) is 0 Å². The number of nitrogens with one attached hydrogen (secondary N) is 2. The van der Waals surface area contributed by atoms with E-state index in [1.54, 1.807) is 49.0 Å². The topological polar surface area (TPSA) is 71.1 Å². The van der Waals surface area contributed by atoms with Crippen LogP contribution < -0.4 is 10.9 Å². The zero-order chi connectivity index (χ0) is 15.1. The highest BCUT2D eigenvalue weighted by Crippen LogP contribution is 2.15. The van der Waals surface area contributed by atoms with Gasteiger partial charge in [-0.25, -0.2) is 0 Å². The molecule has 21 heavy (non-hydrogen) atoms. The molecule has 5 heteroatoms. The first-order valence-corrected chi connectivity index (χ1v) is 6.40. The van der Waals surface area contributed by atoms with E-state index in [0.717, 1.165) is 5.57 Å². The highest BCUT2D eigenvalue weighted by atomic mass is 16.2. The van der Waals surface area contributed by atoms with Crippen LogP contribution in [-0.4, -0.2) is 16.7 Å². The van der Waals surface area contributed by atoms with Crippen LogP contribution in [0, 0.1) is 0 Å². The summed E-state index contributed by atoms with van der Waals surface area (Å²) in [6.07, 6.45) is 11.8. The standard InChI is InChI=1S/C16H15N3O2/c1-2-3-14-10-12(4-5-15(14)20)11-18-19-16(21)13-6-8-17-9-7-13/h2,4-11,18H,1,3H2,(H,19,21)/b12-11+. The first-order chi connectivity index (χ1) is 10.2. The van der Waals surface area contributed by atoms with Crippen LogP contribution in [0.1, 0.15) is 16.8 Å². The monoisotopic (exact) mass is 281 g/mol. The molecule has 1 heterocycles. The maximum Gasteiger partial charge on any atom is 0.269 e. The molecule has 0 bridgehead atoms. The molecule has 106 valence electrons. The average molecular weight is 281 g/mol. The molecule has 1 aliphatic rings. The summed E-state index contributed by atoms with van der Waals surface area (Å²) in [5, 5.41) is 0. The Balaban J connectivity index is 1.95. The van der Waals surface area contributed by atoms with Crippen molar-refractivity contribution in [2.45, 2.75) is 6.42 Å². The van der Waals surface area contributed by atoms with Gasteiger partial charge >= 0.3 is 0 Å². The van der Waals surface area contributed by atoms with Gasteiger partial charge in [-0.1, -0.05) is 6.08 Å². The number of allylic oxidation sites excluding steroid dienone is 6. The average Bonchev–Trinajstić information content (AvgIpc) is 2.51. The molecule has 0 unspecified atom stereocenters. The highest BCUT2D eigenvalue weighted by molar-refractivity contribution is 6.06. The fraction of sp³-hybridized carbons (Fsp3) is 0.0625. The van der Waals surface area contributed by atoms with Gasteiger partial charge in [0.25, 0.3) is 5.91 Å². The molecule has 5 nitrogen and oxygen atoms in total. The van der Waals surface area contributed by atoms with Gasteiger partial charge in [0, 0.05) is 29.7 Å². The van der Waals surface area contributed by atoms with E-state index in [2.05, 4.69) is 22.4 Å². The summed E-state index contributed by atoms with van der Waals surface area (Å²) >= 11 is 0. The quantitative estimate of drug-likeness (QED) is 0.638. The van der Waals surface area contributed by atoms with E-state index in [1.807, 2.05) is 0 Å². The van der Waals surface area contributed by atoms with E-state index < -0.39 is 0 Å². The van der Waals surface area contributed by atoms with Gasteiger partial charge in [0.2, 0.25) is 0 Å². The Morgan fingerprint density at radius 1 is 1.29 bits per heavy atom. The molecule has 1 aromatic rings. The Morgan fingerprint density at radius 2 is 2.05 bits per heavy atom. The minimum absolute atomic E-state index is 0.0205. The van der Waals surface area contributed by atoms with Crippen molar-refractivity contribution >= 4 is 11.7 Å². The van der Waals surface area contributed by atoms with Crippen LogP contribution in [-0.2, 0) is 4.79 Å². The number of nitrogens with zero attached hydrogens (tertiary/aromatic N) is 1. The van der Waals surface area contributed by atoms with Crippen molar-refractivity contribution in [3.63, 3.8) is 0 Å². The van der Waals surface area contributed by atoms with Crippen LogP contribution in [0.2, 0.25) is 0 Å².